The van der Waals surface area contributed by atoms with Crippen LogP contribution in [0, 0.1) is 0 Å². The third kappa shape index (κ3) is 3.13. The van der Waals surface area contributed by atoms with Crippen LogP contribution in [-0.2, 0) is 7.05 Å². The molecule has 3 aromatic rings. The minimum absolute atomic E-state index is 0.257. The van der Waals surface area contributed by atoms with Gasteiger partial charge in [0.05, 0.1) is 17.6 Å². The van der Waals surface area contributed by atoms with E-state index in [1.807, 2.05) is 44.2 Å². The van der Waals surface area contributed by atoms with Crippen molar-refractivity contribution in [3.63, 3.8) is 0 Å². The highest BCUT2D eigenvalue weighted by atomic mass is 16.2. The Hall–Kier alpha value is -2.96. The van der Waals surface area contributed by atoms with Crippen molar-refractivity contribution in [2.24, 2.45) is 7.05 Å². The van der Waals surface area contributed by atoms with E-state index in [1.54, 1.807) is 28.7 Å². The van der Waals surface area contributed by atoms with Crippen LogP contribution in [0.1, 0.15) is 35.9 Å². The van der Waals surface area contributed by atoms with Crippen LogP contribution in [-0.4, -0.2) is 30.7 Å². The summed E-state index contributed by atoms with van der Waals surface area (Å²) in [5.74, 6) is 0.403. The van der Waals surface area contributed by atoms with E-state index in [4.69, 9.17) is 0 Å². The lowest BCUT2D eigenvalue weighted by Gasteiger charge is -2.01. The molecular formula is C16H18N6O. The number of hydrogen-bond donors (Lipinski definition) is 1. The lowest BCUT2D eigenvalue weighted by Crippen LogP contribution is -2.16. The van der Waals surface area contributed by atoms with E-state index in [0.29, 0.717) is 11.5 Å². The fourth-order valence-corrected chi connectivity index (χ4v) is 2.19. The molecule has 0 aliphatic rings. The Kier molecular flexibility index (Phi) is 3.92. The second kappa shape index (κ2) is 6.04. The number of nitrogens with zero attached hydrogens (tertiary/aromatic N) is 5. The number of rotatable bonds is 4. The highest BCUT2D eigenvalue weighted by Crippen LogP contribution is 2.15. The number of benzene rings is 1. The Morgan fingerprint density at radius 3 is 2.61 bits per heavy atom. The van der Waals surface area contributed by atoms with Crippen molar-refractivity contribution in [1.29, 1.82) is 0 Å². The number of para-hydroxylation sites is 1. The number of nitrogens with one attached hydrogen (secondary N) is 1. The predicted molar refractivity (Wildman–Crippen MR) is 86.6 cm³/mol. The summed E-state index contributed by atoms with van der Waals surface area (Å²) in [5.41, 5.74) is 2.25. The summed E-state index contributed by atoms with van der Waals surface area (Å²) in [7, 11) is 1.75. The molecule has 0 aliphatic carbocycles. The molecule has 0 radical (unpaired) electrons. The van der Waals surface area contributed by atoms with Gasteiger partial charge in [-0.05, 0) is 24.1 Å². The van der Waals surface area contributed by atoms with E-state index in [1.165, 1.54) is 0 Å². The maximum atomic E-state index is 12.4. The Balaban J connectivity index is 1.77. The molecule has 0 fully saturated rings. The molecule has 1 amide bonds. The summed E-state index contributed by atoms with van der Waals surface area (Å²) in [6.45, 7) is 4.07. The van der Waals surface area contributed by atoms with Crippen LogP contribution < -0.4 is 5.32 Å². The fourth-order valence-electron chi connectivity index (χ4n) is 2.19. The number of amides is 1. The average Bonchev–Trinajstić information content (AvgIpc) is 3.15. The number of hydrogen-bond acceptors (Lipinski definition) is 4. The molecule has 7 nitrogen and oxygen atoms in total. The zero-order valence-corrected chi connectivity index (χ0v) is 13.3. The van der Waals surface area contributed by atoms with Crippen molar-refractivity contribution in [2.75, 3.05) is 5.32 Å². The van der Waals surface area contributed by atoms with E-state index >= 15 is 0 Å². The van der Waals surface area contributed by atoms with Gasteiger partial charge in [-0.15, -0.1) is 5.10 Å². The molecule has 0 unspecified atom stereocenters. The largest absolute Gasteiger partial charge is 0.302 e. The van der Waals surface area contributed by atoms with Gasteiger partial charge in [-0.25, -0.2) is 4.68 Å². The Labute approximate surface area is 133 Å². The topological polar surface area (TPSA) is 77.6 Å². The van der Waals surface area contributed by atoms with Crippen LogP contribution in [0.5, 0.6) is 0 Å². The molecule has 0 atom stereocenters. The maximum Gasteiger partial charge on any atom is 0.275 e. The van der Waals surface area contributed by atoms with E-state index in [-0.39, 0.29) is 11.8 Å². The number of aryl methyl sites for hydroxylation is 1. The van der Waals surface area contributed by atoms with Crippen LogP contribution in [0.4, 0.5) is 5.82 Å². The second-order valence-electron chi connectivity index (χ2n) is 5.57. The molecule has 1 N–H and O–H groups in total. The summed E-state index contributed by atoms with van der Waals surface area (Å²) < 4.78 is 3.19. The third-order valence-electron chi connectivity index (χ3n) is 3.48. The first kappa shape index (κ1) is 15.0. The van der Waals surface area contributed by atoms with Crippen LogP contribution in [0.25, 0.3) is 5.69 Å². The van der Waals surface area contributed by atoms with E-state index in [9.17, 15) is 4.79 Å². The van der Waals surface area contributed by atoms with Crippen molar-refractivity contribution in [3.05, 3.63) is 54.0 Å². The Morgan fingerprint density at radius 1 is 1.22 bits per heavy atom. The molecule has 23 heavy (non-hydrogen) atoms. The fraction of sp³-hybridized carbons (Fsp3) is 0.250. The molecule has 0 spiro atoms. The van der Waals surface area contributed by atoms with Crippen molar-refractivity contribution in [2.45, 2.75) is 19.8 Å². The highest BCUT2D eigenvalue weighted by molar-refractivity contribution is 6.02. The SMILES string of the molecule is CC(C)c1cc(C(=O)Nc2cn(-c3ccccc3)nn2)n(C)n1. The third-order valence-corrected chi connectivity index (χ3v) is 3.48. The quantitative estimate of drug-likeness (QED) is 0.802. The molecule has 0 bridgehead atoms. The zero-order chi connectivity index (χ0) is 16.4. The minimum atomic E-state index is -0.257. The number of carbonyl (C=O) groups is 1. The van der Waals surface area contributed by atoms with Gasteiger partial charge in [0.25, 0.3) is 5.91 Å². The van der Waals surface area contributed by atoms with E-state index < -0.39 is 0 Å². The molecule has 2 aromatic heterocycles. The molecule has 0 aliphatic heterocycles. The predicted octanol–water partition coefficient (Wildman–Crippen LogP) is 2.38. The van der Waals surface area contributed by atoms with Crippen LogP contribution in [0.15, 0.2) is 42.6 Å². The van der Waals surface area contributed by atoms with Crippen LogP contribution in [0.3, 0.4) is 0 Å². The van der Waals surface area contributed by atoms with Crippen molar-refractivity contribution in [3.8, 4) is 5.69 Å². The second-order valence-corrected chi connectivity index (χ2v) is 5.57. The molecule has 1 aromatic carbocycles. The molecule has 118 valence electrons. The first-order chi connectivity index (χ1) is 11.0. The highest BCUT2D eigenvalue weighted by Gasteiger charge is 2.16. The lowest BCUT2D eigenvalue weighted by molar-refractivity contribution is 0.101. The summed E-state index contributed by atoms with van der Waals surface area (Å²) in [4.78, 5) is 12.4. The first-order valence-corrected chi connectivity index (χ1v) is 7.37. The molecular weight excluding hydrogens is 292 g/mol. The number of anilines is 1. The van der Waals surface area contributed by atoms with E-state index in [0.717, 1.165) is 11.4 Å². The van der Waals surface area contributed by atoms with Crippen molar-refractivity contribution in [1.82, 2.24) is 24.8 Å². The van der Waals surface area contributed by atoms with Gasteiger partial charge in [-0.3, -0.25) is 9.48 Å². The monoisotopic (exact) mass is 310 g/mol. The molecule has 2 heterocycles. The normalized spacial score (nSPS) is 11.0. The van der Waals surface area contributed by atoms with Gasteiger partial charge in [0.2, 0.25) is 0 Å². The summed E-state index contributed by atoms with van der Waals surface area (Å²) in [6, 6.07) is 11.4. The Bertz CT molecular complexity index is 818. The summed E-state index contributed by atoms with van der Waals surface area (Å²) in [5, 5.41) is 15.1. The minimum Gasteiger partial charge on any atom is -0.302 e. The van der Waals surface area contributed by atoms with Crippen LogP contribution >= 0.6 is 0 Å². The van der Waals surface area contributed by atoms with Gasteiger partial charge in [0, 0.05) is 7.05 Å². The van der Waals surface area contributed by atoms with Gasteiger partial charge < -0.3 is 5.32 Å². The first-order valence-electron chi connectivity index (χ1n) is 7.37. The van der Waals surface area contributed by atoms with Crippen molar-refractivity contribution < 1.29 is 4.79 Å². The van der Waals surface area contributed by atoms with Gasteiger partial charge >= 0.3 is 0 Å². The molecule has 3 rings (SSSR count). The van der Waals surface area contributed by atoms with E-state index in [2.05, 4.69) is 20.7 Å². The zero-order valence-electron chi connectivity index (χ0n) is 13.3. The molecule has 7 heteroatoms. The standard InChI is InChI=1S/C16H18N6O/c1-11(2)13-9-14(21(3)19-13)16(23)17-15-10-22(20-18-15)12-7-5-4-6-8-12/h4-11H,1-3H3,(H,17,23). The summed E-state index contributed by atoms with van der Waals surface area (Å²) >= 11 is 0. The van der Waals surface area contributed by atoms with Gasteiger partial charge in [0.1, 0.15) is 5.69 Å². The van der Waals surface area contributed by atoms with Gasteiger partial charge in [-0.1, -0.05) is 37.3 Å². The maximum absolute atomic E-state index is 12.4. The smallest absolute Gasteiger partial charge is 0.275 e. The average molecular weight is 310 g/mol. The summed E-state index contributed by atoms with van der Waals surface area (Å²) in [6.07, 6.45) is 1.67. The number of aromatic nitrogens is 5. The molecule has 0 saturated heterocycles. The van der Waals surface area contributed by atoms with Gasteiger partial charge in [0.15, 0.2) is 5.82 Å². The Morgan fingerprint density at radius 2 is 1.96 bits per heavy atom. The number of carbonyl (C=O) groups excluding carboxylic acids is 1. The van der Waals surface area contributed by atoms with Crippen LogP contribution in [0.2, 0.25) is 0 Å². The van der Waals surface area contributed by atoms with Crippen molar-refractivity contribution >= 4 is 11.7 Å². The molecule has 0 saturated carbocycles. The lowest BCUT2D eigenvalue weighted by atomic mass is 10.1. The van der Waals surface area contributed by atoms with Gasteiger partial charge in [-0.2, -0.15) is 5.10 Å².